The Balaban J connectivity index is 1.35. The van der Waals surface area contributed by atoms with Crippen molar-refractivity contribution in [2.75, 3.05) is 37.6 Å². The molecule has 4 rings (SSSR count). The molecule has 0 atom stereocenters. The molecule has 7 nitrogen and oxygen atoms in total. The molecule has 2 aromatic rings. The first-order valence-corrected chi connectivity index (χ1v) is 10.8. The van der Waals surface area contributed by atoms with Gasteiger partial charge in [0.05, 0.1) is 11.1 Å². The summed E-state index contributed by atoms with van der Waals surface area (Å²) in [5.41, 5.74) is 0.787. The molecule has 9 heteroatoms. The number of halogens is 1. The minimum atomic E-state index is -0.333. The Kier molecular flexibility index (Phi) is 5.45. The molecule has 0 aliphatic carbocycles. The number of anilines is 1. The third-order valence-corrected chi connectivity index (χ3v) is 6.35. The second-order valence-electron chi connectivity index (χ2n) is 6.74. The summed E-state index contributed by atoms with van der Waals surface area (Å²) in [7, 11) is 0. The van der Waals surface area contributed by atoms with Crippen molar-refractivity contribution in [3.05, 3.63) is 45.4 Å². The van der Waals surface area contributed by atoms with E-state index in [1.807, 2.05) is 10.3 Å². The first kappa shape index (κ1) is 19.1. The van der Waals surface area contributed by atoms with Crippen molar-refractivity contribution in [3.8, 4) is 0 Å². The molecule has 0 bridgehead atoms. The summed E-state index contributed by atoms with van der Waals surface area (Å²) in [5, 5.41) is 2.93. The maximum atomic E-state index is 12.7. The van der Waals surface area contributed by atoms with Crippen molar-refractivity contribution >= 4 is 50.1 Å². The van der Waals surface area contributed by atoms with Crippen LogP contribution in [0.15, 0.2) is 34.2 Å². The van der Waals surface area contributed by atoms with Crippen molar-refractivity contribution in [2.24, 2.45) is 0 Å². The summed E-state index contributed by atoms with van der Waals surface area (Å²) in [6.45, 7) is 3.00. The van der Waals surface area contributed by atoms with Gasteiger partial charge in [-0.15, -0.1) is 11.3 Å². The second-order valence-corrected chi connectivity index (χ2v) is 8.53. The van der Waals surface area contributed by atoms with Gasteiger partial charge in [0.15, 0.2) is 5.13 Å². The molecular weight excluding hydrogens is 444 g/mol. The van der Waals surface area contributed by atoms with Crippen LogP contribution in [-0.4, -0.2) is 65.2 Å². The van der Waals surface area contributed by atoms with E-state index < -0.39 is 0 Å². The lowest BCUT2D eigenvalue weighted by molar-refractivity contribution is -0.131. The second kappa shape index (κ2) is 8.00. The molecule has 0 saturated carbocycles. The molecule has 1 saturated heterocycles. The smallest absolute Gasteiger partial charge is 0.261 e. The van der Waals surface area contributed by atoms with Gasteiger partial charge in [-0.2, -0.15) is 0 Å². The van der Waals surface area contributed by atoms with E-state index in [-0.39, 0.29) is 30.7 Å². The van der Waals surface area contributed by atoms with Crippen LogP contribution in [-0.2, 0) is 4.79 Å². The monoisotopic (exact) mass is 462 g/mol. The number of carbonyl (C=O) groups excluding carboxylic acids is 3. The third-order valence-electron chi connectivity index (χ3n) is 5.02. The molecule has 0 radical (unpaired) electrons. The van der Waals surface area contributed by atoms with E-state index in [9.17, 15) is 14.4 Å². The highest BCUT2D eigenvalue weighted by atomic mass is 79.9. The molecule has 2 aliphatic rings. The highest BCUT2D eigenvalue weighted by Gasteiger charge is 2.35. The Morgan fingerprint density at radius 2 is 1.93 bits per heavy atom. The SMILES string of the molecule is O=C(CCN1C(=O)c2ccc(Br)cc2C1=O)N1CCCN(c2nccs2)CC1. The number of hydrogen-bond donors (Lipinski definition) is 0. The van der Waals surface area contributed by atoms with Crippen LogP contribution in [0.4, 0.5) is 5.13 Å². The Bertz CT molecular complexity index is 918. The molecule has 0 unspecified atom stereocenters. The van der Waals surface area contributed by atoms with Crippen molar-refractivity contribution in [1.82, 2.24) is 14.8 Å². The fourth-order valence-corrected chi connectivity index (χ4v) is 4.62. The molecule has 1 aromatic carbocycles. The molecule has 3 amide bonds. The van der Waals surface area contributed by atoms with Gasteiger partial charge in [-0.3, -0.25) is 19.3 Å². The van der Waals surface area contributed by atoms with Gasteiger partial charge in [0.25, 0.3) is 11.8 Å². The Labute approximate surface area is 175 Å². The van der Waals surface area contributed by atoms with Gasteiger partial charge in [0.2, 0.25) is 5.91 Å². The Morgan fingerprint density at radius 1 is 1.11 bits per heavy atom. The maximum absolute atomic E-state index is 12.7. The van der Waals surface area contributed by atoms with Gasteiger partial charge < -0.3 is 9.80 Å². The summed E-state index contributed by atoms with van der Waals surface area (Å²) >= 11 is 4.92. The molecule has 3 heterocycles. The summed E-state index contributed by atoms with van der Waals surface area (Å²) in [6.07, 6.45) is 2.80. The molecular formula is C19H19BrN4O3S. The lowest BCUT2D eigenvalue weighted by Gasteiger charge is -2.22. The zero-order valence-corrected chi connectivity index (χ0v) is 17.5. The van der Waals surface area contributed by atoms with Gasteiger partial charge in [-0.05, 0) is 24.6 Å². The van der Waals surface area contributed by atoms with E-state index in [0.717, 1.165) is 29.1 Å². The molecule has 1 fully saturated rings. The number of carbonyl (C=O) groups is 3. The predicted octanol–water partition coefficient (Wildman–Crippen LogP) is 2.63. The molecule has 1 aromatic heterocycles. The fourth-order valence-electron chi connectivity index (χ4n) is 3.56. The van der Waals surface area contributed by atoms with Gasteiger partial charge in [-0.1, -0.05) is 15.9 Å². The topological polar surface area (TPSA) is 73.8 Å². The van der Waals surface area contributed by atoms with Crippen LogP contribution in [0.5, 0.6) is 0 Å². The summed E-state index contributed by atoms with van der Waals surface area (Å²) in [4.78, 5) is 47.2. The van der Waals surface area contributed by atoms with E-state index in [2.05, 4.69) is 25.8 Å². The molecule has 2 aliphatic heterocycles. The molecule has 0 N–H and O–H groups in total. The van der Waals surface area contributed by atoms with E-state index in [0.29, 0.717) is 24.2 Å². The van der Waals surface area contributed by atoms with Crippen LogP contribution in [0.3, 0.4) is 0 Å². The quantitative estimate of drug-likeness (QED) is 0.652. The third kappa shape index (κ3) is 3.68. The average Bonchev–Trinajstić information content (AvgIpc) is 3.20. The number of nitrogens with zero attached hydrogens (tertiary/aromatic N) is 4. The van der Waals surface area contributed by atoms with E-state index >= 15 is 0 Å². The number of benzene rings is 1. The minimum absolute atomic E-state index is 0.0290. The average molecular weight is 463 g/mol. The summed E-state index contributed by atoms with van der Waals surface area (Å²) < 4.78 is 0.750. The molecule has 0 spiro atoms. The van der Waals surface area contributed by atoms with Gasteiger partial charge in [0, 0.05) is 55.2 Å². The zero-order valence-electron chi connectivity index (χ0n) is 15.1. The van der Waals surface area contributed by atoms with Gasteiger partial charge >= 0.3 is 0 Å². The number of thiazole rings is 1. The highest BCUT2D eigenvalue weighted by Crippen LogP contribution is 2.26. The summed E-state index contributed by atoms with van der Waals surface area (Å²) in [5.74, 6) is -0.690. The lowest BCUT2D eigenvalue weighted by Crippen LogP contribution is -2.38. The van der Waals surface area contributed by atoms with Crippen LogP contribution in [0.2, 0.25) is 0 Å². The van der Waals surface area contributed by atoms with Crippen molar-refractivity contribution in [3.63, 3.8) is 0 Å². The number of imide groups is 1. The van der Waals surface area contributed by atoms with Crippen LogP contribution < -0.4 is 4.90 Å². The first-order valence-electron chi connectivity index (χ1n) is 9.12. The van der Waals surface area contributed by atoms with E-state index in [4.69, 9.17) is 0 Å². The lowest BCUT2D eigenvalue weighted by atomic mass is 10.1. The number of hydrogen-bond acceptors (Lipinski definition) is 6. The number of rotatable bonds is 4. The van der Waals surface area contributed by atoms with Crippen LogP contribution in [0, 0.1) is 0 Å². The number of fused-ring (bicyclic) bond motifs is 1. The molecule has 28 heavy (non-hydrogen) atoms. The van der Waals surface area contributed by atoms with Crippen molar-refractivity contribution < 1.29 is 14.4 Å². The Hall–Kier alpha value is -2.26. The maximum Gasteiger partial charge on any atom is 0.261 e. The van der Waals surface area contributed by atoms with E-state index in [1.54, 1.807) is 35.7 Å². The van der Waals surface area contributed by atoms with Gasteiger partial charge in [0.1, 0.15) is 0 Å². The normalized spacial score (nSPS) is 17.1. The van der Waals surface area contributed by atoms with Crippen LogP contribution in [0.25, 0.3) is 0 Å². The van der Waals surface area contributed by atoms with Crippen LogP contribution in [0.1, 0.15) is 33.6 Å². The fraction of sp³-hybridized carbons (Fsp3) is 0.368. The standard InChI is InChI=1S/C19H19BrN4O3S/c20-13-2-3-14-15(12-13)18(27)24(17(14)26)8-4-16(25)22-6-1-7-23(10-9-22)19-21-5-11-28-19/h2-3,5,11-12H,1,4,6-10H2. The minimum Gasteiger partial charge on any atom is -0.346 e. The zero-order chi connectivity index (χ0) is 19.7. The highest BCUT2D eigenvalue weighted by molar-refractivity contribution is 9.10. The number of aromatic nitrogens is 1. The predicted molar refractivity (Wildman–Crippen MR) is 110 cm³/mol. The van der Waals surface area contributed by atoms with Crippen molar-refractivity contribution in [1.29, 1.82) is 0 Å². The first-order chi connectivity index (χ1) is 13.5. The Morgan fingerprint density at radius 3 is 2.71 bits per heavy atom. The largest absolute Gasteiger partial charge is 0.346 e. The van der Waals surface area contributed by atoms with Gasteiger partial charge in [-0.25, -0.2) is 4.98 Å². The van der Waals surface area contributed by atoms with E-state index in [1.165, 1.54) is 4.90 Å². The van der Waals surface area contributed by atoms with Crippen LogP contribution >= 0.6 is 27.3 Å². The summed E-state index contributed by atoms with van der Waals surface area (Å²) in [6, 6.07) is 5.03. The number of amides is 3. The molecule has 146 valence electrons. The van der Waals surface area contributed by atoms with Crippen molar-refractivity contribution in [2.45, 2.75) is 12.8 Å².